The Balaban J connectivity index is 2.55. The third-order valence-electron chi connectivity index (χ3n) is 3.64. The summed E-state index contributed by atoms with van der Waals surface area (Å²) in [5.74, 6) is -0.0708. The number of nitrogens with zero attached hydrogens (tertiary/aromatic N) is 2. The van der Waals surface area contributed by atoms with Gasteiger partial charge < -0.3 is 14.9 Å². The topological polar surface area (TPSA) is 75.6 Å². The molecule has 0 bridgehead atoms. The fourth-order valence-electron chi connectivity index (χ4n) is 2.14. The van der Waals surface area contributed by atoms with E-state index >= 15 is 0 Å². The zero-order valence-corrected chi connectivity index (χ0v) is 13.0. The van der Waals surface area contributed by atoms with Crippen molar-refractivity contribution in [2.75, 3.05) is 7.11 Å². The molecule has 0 radical (unpaired) electrons. The number of phenols is 2. The summed E-state index contributed by atoms with van der Waals surface area (Å²) in [7, 11) is 4.85. The molecule has 0 spiro atoms. The average Bonchev–Trinajstić information content (AvgIpc) is 2.51. The Bertz CT molecular complexity index is 807. The Morgan fingerprint density at radius 1 is 1.27 bits per heavy atom. The summed E-state index contributed by atoms with van der Waals surface area (Å²) in [5, 5.41) is 19.6. The van der Waals surface area contributed by atoms with Crippen molar-refractivity contribution in [3.05, 3.63) is 45.6 Å². The molecule has 0 aliphatic carbocycles. The largest absolute Gasteiger partial charge is 0.504 e. The van der Waals surface area contributed by atoms with E-state index < -0.39 is 0 Å². The van der Waals surface area contributed by atoms with Gasteiger partial charge >= 0.3 is 5.69 Å². The van der Waals surface area contributed by atoms with Crippen LogP contribution in [0.15, 0.2) is 23.0 Å². The van der Waals surface area contributed by atoms with Gasteiger partial charge in [-0.25, -0.2) is 0 Å². The highest BCUT2D eigenvalue weighted by Crippen LogP contribution is 2.36. The second-order valence-corrected chi connectivity index (χ2v) is 4.99. The summed E-state index contributed by atoms with van der Waals surface area (Å²) in [4.78, 5) is 12.0. The molecule has 0 unspecified atom stereocenters. The van der Waals surface area contributed by atoms with Crippen LogP contribution in [0.3, 0.4) is 0 Å². The molecule has 2 N–H and O–H groups in total. The van der Waals surface area contributed by atoms with E-state index in [0.717, 1.165) is 5.69 Å². The lowest BCUT2D eigenvalue weighted by molar-refractivity contribution is -0.692. The summed E-state index contributed by atoms with van der Waals surface area (Å²) < 4.78 is 8.21. The first kappa shape index (κ1) is 15.6. The van der Waals surface area contributed by atoms with E-state index in [0.29, 0.717) is 17.0 Å². The molecule has 116 valence electrons. The Morgan fingerprint density at radius 3 is 2.59 bits per heavy atom. The normalized spacial score (nSPS) is 11.1. The number of hydrogen-bond donors (Lipinski definition) is 2. The lowest BCUT2D eigenvalue weighted by Gasteiger charge is -2.08. The third-order valence-corrected chi connectivity index (χ3v) is 3.64. The van der Waals surface area contributed by atoms with Gasteiger partial charge in [0.25, 0.3) is 0 Å². The van der Waals surface area contributed by atoms with Crippen LogP contribution in [0.4, 0.5) is 0 Å². The molecule has 0 fully saturated rings. The van der Waals surface area contributed by atoms with Gasteiger partial charge in [-0.1, -0.05) is 0 Å². The zero-order valence-electron chi connectivity index (χ0n) is 13.0. The molecule has 0 saturated heterocycles. The van der Waals surface area contributed by atoms with Crippen molar-refractivity contribution in [1.29, 1.82) is 0 Å². The summed E-state index contributed by atoms with van der Waals surface area (Å²) in [5.41, 5.74) is 1.69. The molecule has 2 aromatic rings. The van der Waals surface area contributed by atoms with Crippen LogP contribution in [0.25, 0.3) is 12.2 Å². The molecule has 0 saturated carbocycles. The minimum atomic E-state index is -0.265. The molecule has 0 atom stereocenters. The monoisotopic (exact) mass is 303 g/mol. The molecule has 1 heterocycles. The molecule has 6 nitrogen and oxygen atoms in total. The van der Waals surface area contributed by atoms with Crippen LogP contribution in [0.2, 0.25) is 0 Å². The van der Waals surface area contributed by atoms with Crippen LogP contribution < -0.4 is 15.0 Å². The summed E-state index contributed by atoms with van der Waals surface area (Å²) in [6.45, 7) is 1.84. The van der Waals surface area contributed by atoms with Gasteiger partial charge in [0, 0.05) is 6.07 Å². The molecule has 0 aliphatic rings. The highest BCUT2D eigenvalue weighted by Gasteiger charge is 2.13. The molecule has 1 aromatic heterocycles. The molecule has 1 aromatic carbocycles. The number of aromatic hydroxyl groups is 2. The quantitative estimate of drug-likeness (QED) is 0.658. The average molecular weight is 303 g/mol. The van der Waals surface area contributed by atoms with E-state index in [2.05, 4.69) is 0 Å². The first-order valence-corrected chi connectivity index (χ1v) is 6.70. The van der Waals surface area contributed by atoms with Gasteiger partial charge in [-0.05, 0) is 31.2 Å². The zero-order chi connectivity index (χ0) is 16.4. The SMILES string of the molecule is COc1ccc(O)c(O)c1/C=C/c1cc(C)n(C)c(=O)[n+]1C. The van der Waals surface area contributed by atoms with Crippen molar-refractivity contribution in [3.8, 4) is 17.2 Å². The summed E-state index contributed by atoms with van der Waals surface area (Å²) >= 11 is 0. The van der Waals surface area contributed by atoms with Crippen molar-refractivity contribution in [3.63, 3.8) is 0 Å². The molecule has 2 rings (SSSR count). The Labute approximate surface area is 128 Å². The first-order valence-electron chi connectivity index (χ1n) is 6.70. The van der Waals surface area contributed by atoms with Crippen LogP contribution in [0.1, 0.15) is 17.0 Å². The van der Waals surface area contributed by atoms with Gasteiger partial charge in [0.15, 0.2) is 11.5 Å². The van der Waals surface area contributed by atoms with Crippen LogP contribution in [0, 0.1) is 6.92 Å². The van der Waals surface area contributed by atoms with Crippen LogP contribution in [-0.4, -0.2) is 21.9 Å². The Kier molecular flexibility index (Phi) is 4.21. The number of methoxy groups -OCH3 is 1. The van der Waals surface area contributed by atoms with Gasteiger partial charge in [-0.2, -0.15) is 13.9 Å². The Morgan fingerprint density at radius 2 is 1.95 bits per heavy atom. The van der Waals surface area contributed by atoms with Gasteiger partial charge in [0.1, 0.15) is 17.1 Å². The summed E-state index contributed by atoms with van der Waals surface area (Å²) in [6.07, 6.45) is 3.29. The number of phenolic OH excluding ortho intramolecular Hbond substituents is 2. The van der Waals surface area contributed by atoms with E-state index in [1.807, 2.05) is 13.0 Å². The molecule has 0 amide bonds. The molecular weight excluding hydrogens is 284 g/mol. The van der Waals surface area contributed by atoms with E-state index in [1.54, 1.807) is 36.9 Å². The van der Waals surface area contributed by atoms with Crippen molar-refractivity contribution in [2.45, 2.75) is 6.92 Å². The highest BCUT2D eigenvalue weighted by molar-refractivity contribution is 5.76. The van der Waals surface area contributed by atoms with Gasteiger partial charge in [-0.3, -0.25) is 0 Å². The standard InChI is InChI=1S/C16H18N2O4/c1-10-9-11(18(3)16(21)17(10)2)5-6-12-14(22-4)8-7-13(19)15(12)20/h5-9,19H,1-4H3/p+1. The number of aromatic nitrogens is 2. The minimum Gasteiger partial charge on any atom is -0.504 e. The molecular formula is C16H19N2O4+. The number of aryl methyl sites for hydroxylation is 1. The minimum absolute atomic E-state index is 0.147. The maximum absolute atomic E-state index is 12.0. The number of ether oxygens (including phenoxy) is 1. The second kappa shape index (κ2) is 5.93. The van der Waals surface area contributed by atoms with Crippen molar-refractivity contribution < 1.29 is 19.5 Å². The van der Waals surface area contributed by atoms with Crippen LogP contribution >= 0.6 is 0 Å². The van der Waals surface area contributed by atoms with Crippen LogP contribution in [0.5, 0.6) is 17.2 Å². The first-order chi connectivity index (χ1) is 10.4. The van der Waals surface area contributed by atoms with Gasteiger partial charge in [0.05, 0.1) is 26.8 Å². The highest BCUT2D eigenvalue weighted by atomic mass is 16.5. The smallest absolute Gasteiger partial charge is 0.498 e. The maximum Gasteiger partial charge on any atom is 0.498 e. The lowest BCUT2D eigenvalue weighted by Crippen LogP contribution is -2.53. The van der Waals surface area contributed by atoms with E-state index in [-0.39, 0.29) is 17.2 Å². The predicted octanol–water partition coefficient (Wildman–Crippen LogP) is 1.11. The van der Waals surface area contributed by atoms with Gasteiger partial charge in [0.2, 0.25) is 0 Å². The van der Waals surface area contributed by atoms with Crippen LogP contribution in [-0.2, 0) is 14.1 Å². The van der Waals surface area contributed by atoms with E-state index in [4.69, 9.17) is 4.74 Å². The van der Waals surface area contributed by atoms with Crippen molar-refractivity contribution in [1.82, 2.24) is 4.57 Å². The molecule has 6 heteroatoms. The van der Waals surface area contributed by atoms with E-state index in [1.165, 1.54) is 17.7 Å². The predicted molar refractivity (Wildman–Crippen MR) is 82.8 cm³/mol. The van der Waals surface area contributed by atoms with Crippen molar-refractivity contribution in [2.24, 2.45) is 14.1 Å². The van der Waals surface area contributed by atoms with Gasteiger partial charge in [-0.15, -0.1) is 0 Å². The van der Waals surface area contributed by atoms with E-state index in [9.17, 15) is 15.0 Å². The molecule has 0 aliphatic heterocycles. The number of hydrogen-bond acceptors (Lipinski definition) is 4. The fourth-order valence-corrected chi connectivity index (χ4v) is 2.14. The molecule has 22 heavy (non-hydrogen) atoms. The summed E-state index contributed by atoms with van der Waals surface area (Å²) in [6, 6.07) is 4.77. The van der Waals surface area contributed by atoms with Crippen molar-refractivity contribution >= 4 is 12.2 Å². The number of benzene rings is 1. The Hall–Kier alpha value is -2.76. The number of rotatable bonds is 3. The lowest BCUT2D eigenvalue weighted by atomic mass is 10.1. The second-order valence-electron chi connectivity index (χ2n) is 4.99. The maximum atomic E-state index is 12.0. The fraction of sp³-hybridized carbons (Fsp3) is 0.250. The third kappa shape index (κ3) is 2.67.